The molecule has 0 heterocycles. The first-order chi connectivity index (χ1) is 10.1. The molecule has 1 aromatic rings. The van der Waals surface area contributed by atoms with Crippen LogP contribution in [0, 0.1) is 11.6 Å². The lowest BCUT2D eigenvalue weighted by molar-refractivity contribution is -0.192. The zero-order valence-corrected chi connectivity index (χ0v) is 11.1. The Morgan fingerprint density at radius 3 is 1.95 bits per heavy atom. The summed E-state index contributed by atoms with van der Waals surface area (Å²) < 4.78 is 57.2. The van der Waals surface area contributed by atoms with Gasteiger partial charge in [0.15, 0.2) is 0 Å². The van der Waals surface area contributed by atoms with Crippen LogP contribution in [-0.2, 0) is 16.1 Å². The number of benzene rings is 1. The number of amides is 1. The van der Waals surface area contributed by atoms with Gasteiger partial charge in [0.1, 0.15) is 11.6 Å². The van der Waals surface area contributed by atoms with Gasteiger partial charge in [0, 0.05) is 25.6 Å². The van der Waals surface area contributed by atoms with Gasteiger partial charge in [-0.05, 0) is 17.7 Å². The van der Waals surface area contributed by atoms with E-state index < -0.39 is 23.8 Å². The lowest BCUT2D eigenvalue weighted by Crippen LogP contribution is -2.25. The molecule has 4 N–H and O–H groups in total. The van der Waals surface area contributed by atoms with E-state index in [0.29, 0.717) is 5.56 Å². The van der Waals surface area contributed by atoms with E-state index in [1.807, 2.05) is 0 Å². The second-order valence-electron chi connectivity index (χ2n) is 3.90. The molecular formula is C12H13F5N2O3. The number of carboxylic acid groups (broad SMARTS) is 1. The number of hydrogen-bond donors (Lipinski definition) is 3. The number of aliphatic carboxylic acids is 1. The summed E-state index contributed by atoms with van der Waals surface area (Å²) in [5.74, 6) is -4.30. The second-order valence-corrected chi connectivity index (χ2v) is 3.90. The second kappa shape index (κ2) is 8.93. The quantitative estimate of drug-likeness (QED) is 0.732. The van der Waals surface area contributed by atoms with Gasteiger partial charge >= 0.3 is 12.1 Å². The molecule has 0 spiro atoms. The van der Waals surface area contributed by atoms with Crippen LogP contribution in [0.4, 0.5) is 22.0 Å². The third-order valence-electron chi connectivity index (χ3n) is 2.03. The average molecular weight is 328 g/mol. The summed E-state index contributed by atoms with van der Waals surface area (Å²) in [6.07, 6.45) is -4.88. The number of carbonyl (C=O) groups is 2. The van der Waals surface area contributed by atoms with Gasteiger partial charge in [0.25, 0.3) is 0 Å². The van der Waals surface area contributed by atoms with Gasteiger partial charge in [-0.3, -0.25) is 4.79 Å². The molecule has 0 radical (unpaired) electrons. The van der Waals surface area contributed by atoms with Crippen LogP contribution in [0.25, 0.3) is 0 Å². The van der Waals surface area contributed by atoms with E-state index >= 15 is 0 Å². The van der Waals surface area contributed by atoms with Crippen LogP contribution < -0.4 is 11.1 Å². The lowest BCUT2D eigenvalue weighted by Gasteiger charge is -2.04. The highest BCUT2D eigenvalue weighted by atomic mass is 19.4. The van der Waals surface area contributed by atoms with E-state index in [9.17, 15) is 26.7 Å². The first-order valence-electron chi connectivity index (χ1n) is 5.78. The molecular weight excluding hydrogens is 315 g/mol. The van der Waals surface area contributed by atoms with Crippen molar-refractivity contribution in [1.82, 2.24) is 5.32 Å². The Labute approximate surface area is 121 Å². The standard InChI is InChI=1S/C10H12F2N2O.C2HF3O2/c11-8-3-7(4-9(12)5-8)6-14-10(15)1-2-13;3-2(4,5)1(6)7/h3-5H,1-2,6,13H2,(H,14,15);(H,6,7). The van der Waals surface area contributed by atoms with Crippen molar-refractivity contribution in [3.05, 3.63) is 35.4 Å². The SMILES string of the molecule is NCCC(=O)NCc1cc(F)cc(F)c1.O=C(O)C(F)(F)F. The van der Waals surface area contributed by atoms with Crippen LogP contribution in [-0.4, -0.2) is 29.7 Å². The maximum atomic E-state index is 12.7. The molecule has 0 fully saturated rings. The molecule has 22 heavy (non-hydrogen) atoms. The van der Waals surface area contributed by atoms with E-state index in [-0.39, 0.29) is 25.4 Å². The number of rotatable bonds is 4. The van der Waals surface area contributed by atoms with Gasteiger partial charge < -0.3 is 16.2 Å². The molecule has 5 nitrogen and oxygen atoms in total. The van der Waals surface area contributed by atoms with Gasteiger partial charge in [0.2, 0.25) is 5.91 Å². The summed E-state index contributed by atoms with van der Waals surface area (Å²) in [5, 5.41) is 9.63. The zero-order valence-electron chi connectivity index (χ0n) is 11.1. The molecule has 124 valence electrons. The predicted octanol–water partition coefficient (Wildman–Crippen LogP) is 1.56. The molecule has 0 aromatic heterocycles. The summed E-state index contributed by atoms with van der Waals surface area (Å²) in [4.78, 5) is 19.9. The van der Waals surface area contributed by atoms with E-state index in [1.165, 1.54) is 12.1 Å². The number of nitrogens with one attached hydrogen (secondary N) is 1. The zero-order chi connectivity index (χ0) is 17.3. The lowest BCUT2D eigenvalue weighted by atomic mass is 10.2. The maximum Gasteiger partial charge on any atom is 0.490 e. The molecule has 0 unspecified atom stereocenters. The first kappa shape index (κ1) is 19.8. The predicted molar refractivity (Wildman–Crippen MR) is 65.6 cm³/mol. The number of halogens is 5. The van der Waals surface area contributed by atoms with E-state index in [4.69, 9.17) is 15.6 Å². The maximum absolute atomic E-state index is 12.7. The number of carbonyl (C=O) groups excluding carboxylic acids is 1. The summed E-state index contributed by atoms with van der Waals surface area (Å²) in [6.45, 7) is 0.358. The summed E-state index contributed by atoms with van der Waals surface area (Å²) in [5.41, 5.74) is 5.55. The number of carboxylic acids is 1. The van der Waals surface area contributed by atoms with Crippen molar-refractivity contribution in [3.63, 3.8) is 0 Å². The fourth-order valence-corrected chi connectivity index (χ4v) is 1.13. The van der Waals surface area contributed by atoms with Crippen molar-refractivity contribution >= 4 is 11.9 Å². The Hall–Kier alpha value is -2.23. The largest absolute Gasteiger partial charge is 0.490 e. The number of hydrogen-bond acceptors (Lipinski definition) is 3. The summed E-state index contributed by atoms with van der Waals surface area (Å²) >= 11 is 0. The Kier molecular flexibility index (Phi) is 8.02. The normalized spacial score (nSPS) is 10.5. The van der Waals surface area contributed by atoms with Gasteiger partial charge in [-0.25, -0.2) is 13.6 Å². The third-order valence-corrected chi connectivity index (χ3v) is 2.03. The highest BCUT2D eigenvalue weighted by Gasteiger charge is 2.38. The van der Waals surface area contributed by atoms with E-state index in [1.54, 1.807) is 0 Å². The van der Waals surface area contributed by atoms with Crippen molar-refractivity contribution in [2.45, 2.75) is 19.1 Å². The van der Waals surface area contributed by atoms with Gasteiger partial charge in [-0.1, -0.05) is 0 Å². The molecule has 1 rings (SSSR count). The van der Waals surface area contributed by atoms with Crippen LogP contribution in [0.2, 0.25) is 0 Å². The van der Waals surface area contributed by atoms with Gasteiger partial charge in [-0.2, -0.15) is 13.2 Å². The highest BCUT2D eigenvalue weighted by Crippen LogP contribution is 2.13. The first-order valence-corrected chi connectivity index (χ1v) is 5.78. The van der Waals surface area contributed by atoms with Gasteiger partial charge in [-0.15, -0.1) is 0 Å². The molecule has 0 bridgehead atoms. The molecule has 0 aliphatic rings. The van der Waals surface area contributed by atoms with Crippen LogP contribution in [0.3, 0.4) is 0 Å². The number of nitrogens with two attached hydrogens (primary N) is 1. The average Bonchev–Trinajstić information content (AvgIpc) is 2.35. The van der Waals surface area contributed by atoms with Crippen LogP contribution >= 0.6 is 0 Å². The Morgan fingerprint density at radius 1 is 1.14 bits per heavy atom. The van der Waals surface area contributed by atoms with Crippen LogP contribution in [0.1, 0.15) is 12.0 Å². The Morgan fingerprint density at radius 2 is 1.59 bits per heavy atom. The van der Waals surface area contributed by atoms with Crippen LogP contribution in [0.5, 0.6) is 0 Å². The van der Waals surface area contributed by atoms with E-state index in [2.05, 4.69) is 5.32 Å². The van der Waals surface area contributed by atoms with Crippen LogP contribution in [0.15, 0.2) is 18.2 Å². The Bertz CT molecular complexity index is 500. The van der Waals surface area contributed by atoms with E-state index in [0.717, 1.165) is 6.07 Å². The molecule has 0 saturated carbocycles. The topological polar surface area (TPSA) is 92.4 Å². The smallest absolute Gasteiger partial charge is 0.475 e. The molecule has 0 atom stereocenters. The summed E-state index contributed by atoms with van der Waals surface area (Å²) in [6, 6.07) is 3.13. The van der Waals surface area contributed by atoms with Crippen molar-refractivity contribution in [2.24, 2.45) is 5.73 Å². The molecule has 0 saturated heterocycles. The molecule has 0 aliphatic carbocycles. The molecule has 1 amide bonds. The molecule has 10 heteroatoms. The fraction of sp³-hybridized carbons (Fsp3) is 0.333. The minimum absolute atomic E-state index is 0.105. The van der Waals surface area contributed by atoms with Gasteiger partial charge in [0.05, 0.1) is 0 Å². The third kappa shape index (κ3) is 8.84. The summed E-state index contributed by atoms with van der Waals surface area (Å²) in [7, 11) is 0. The van der Waals surface area contributed by atoms with Crippen molar-refractivity contribution < 1.29 is 36.6 Å². The molecule has 1 aromatic carbocycles. The molecule has 0 aliphatic heterocycles. The fourth-order valence-electron chi connectivity index (χ4n) is 1.13. The Balaban J connectivity index is 0.000000534. The highest BCUT2D eigenvalue weighted by molar-refractivity contribution is 5.76. The van der Waals surface area contributed by atoms with Crippen molar-refractivity contribution in [3.8, 4) is 0 Å². The number of alkyl halides is 3. The van der Waals surface area contributed by atoms with Crippen molar-refractivity contribution in [2.75, 3.05) is 6.54 Å². The minimum atomic E-state index is -5.08. The van der Waals surface area contributed by atoms with Crippen molar-refractivity contribution in [1.29, 1.82) is 0 Å². The minimum Gasteiger partial charge on any atom is -0.475 e. The monoisotopic (exact) mass is 328 g/mol.